The molecule has 5 nitrogen and oxygen atoms in total. The zero-order chi connectivity index (χ0) is 14.5. The van der Waals surface area contributed by atoms with Gasteiger partial charge in [0.1, 0.15) is 12.4 Å². The molecular formula is C16H24N2O3. The minimum atomic E-state index is 0.104. The Labute approximate surface area is 125 Å². The molecule has 1 saturated heterocycles. The summed E-state index contributed by atoms with van der Waals surface area (Å²) in [4.78, 5) is 4.30. The van der Waals surface area contributed by atoms with Crippen LogP contribution >= 0.6 is 0 Å². The monoisotopic (exact) mass is 292 g/mol. The van der Waals surface area contributed by atoms with Gasteiger partial charge in [-0.1, -0.05) is 0 Å². The van der Waals surface area contributed by atoms with Crippen molar-refractivity contribution in [2.45, 2.75) is 31.2 Å². The molecule has 0 aromatic carbocycles. The molecule has 2 N–H and O–H groups in total. The van der Waals surface area contributed by atoms with Crippen LogP contribution in [-0.4, -0.2) is 49.1 Å². The van der Waals surface area contributed by atoms with Gasteiger partial charge in [0, 0.05) is 18.8 Å². The molecule has 1 saturated carbocycles. The fourth-order valence-electron chi connectivity index (χ4n) is 2.78. The van der Waals surface area contributed by atoms with Crippen molar-refractivity contribution < 1.29 is 14.6 Å². The first kappa shape index (κ1) is 14.8. The highest BCUT2D eigenvalue weighted by Gasteiger charge is 2.38. The number of pyridine rings is 1. The molecule has 116 valence electrons. The topological polar surface area (TPSA) is 63.6 Å². The van der Waals surface area contributed by atoms with Crippen molar-refractivity contribution in [1.82, 2.24) is 10.3 Å². The summed E-state index contributed by atoms with van der Waals surface area (Å²) >= 11 is 0. The van der Waals surface area contributed by atoms with Gasteiger partial charge in [0.2, 0.25) is 0 Å². The summed E-state index contributed by atoms with van der Waals surface area (Å²) in [6.45, 7) is 3.12. The highest BCUT2D eigenvalue weighted by Crippen LogP contribution is 2.49. The zero-order valence-electron chi connectivity index (χ0n) is 12.3. The molecule has 0 radical (unpaired) electrons. The Morgan fingerprint density at radius 2 is 2.24 bits per heavy atom. The van der Waals surface area contributed by atoms with E-state index in [9.17, 15) is 0 Å². The van der Waals surface area contributed by atoms with E-state index in [1.807, 2.05) is 6.20 Å². The highest BCUT2D eigenvalue weighted by molar-refractivity contribution is 5.30. The second kappa shape index (κ2) is 7.20. The van der Waals surface area contributed by atoms with Crippen LogP contribution in [0.25, 0.3) is 0 Å². The molecule has 1 aromatic heterocycles. The number of rotatable bonds is 9. The third kappa shape index (κ3) is 4.15. The Morgan fingerprint density at radius 3 is 3.00 bits per heavy atom. The lowest BCUT2D eigenvalue weighted by Gasteiger charge is -2.27. The van der Waals surface area contributed by atoms with Crippen LogP contribution in [0.15, 0.2) is 18.5 Å². The second-order valence-corrected chi connectivity index (χ2v) is 5.93. The summed E-state index contributed by atoms with van der Waals surface area (Å²) in [7, 11) is 0. The van der Waals surface area contributed by atoms with Crippen molar-refractivity contribution in [3.63, 3.8) is 0 Å². The minimum absolute atomic E-state index is 0.104. The molecule has 2 fully saturated rings. The number of nitrogens with zero attached hydrogens (tertiary/aromatic N) is 1. The molecule has 1 aliphatic heterocycles. The Kier molecular flexibility index (Phi) is 5.06. The molecule has 1 aromatic rings. The summed E-state index contributed by atoms with van der Waals surface area (Å²) in [5.41, 5.74) is 1.28. The lowest BCUT2D eigenvalue weighted by atomic mass is 10.1. The van der Waals surface area contributed by atoms with Gasteiger partial charge >= 0.3 is 0 Å². The summed E-state index contributed by atoms with van der Waals surface area (Å²) in [5, 5.41) is 12.0. The van der Waals surface area contributed by atoms with Gasteiger partial charge in [-0.15, -0.1) is 0 Å². The van der Waals surface area contributed by atoms with Crippen molar-refractivity contribution in [2.24, 2.45) is 5.92 Å². The lowest BCUT2D eigenvalue weighted by Crippen LogP contribution is -2.46. The van der Waals surface area contributed by atoms with E-state index in [1.165, 1.54) is 18.4 Å². The molecular weight excluding hydrogens is 268 g/mol. The van der Waals surface area contributed by atoms with E-state index in [0.717, 1.165) is 31.9 Å². The normalized spacial score (nSPS) is 27.2. The van der Waals surface area contributed by atoms with Crippen LogP contribution in [0.1, 0.15) is 30.7 Å². The Bertz CT molecular complexity index is 451. The fourth-order valence-corrected chi connectivity index (χ4v) is 2.78. The number of aliphatic hydroxyl groups excluding tert-OH is 1. The van der Waals surface area contributed by atoms with Crippen LogP contribution in [0.3, 0.4) is 0 Å². The standard InChI is InChI=1S/C16H24N2O3/c19-4-6-20-5-2-12-8-16(12)13-7-15(10-17-9-13)21-11-14-1-3-18-14/h7,9-10,12,14,16,18-19H,1-6,8,11H2/t12-,14-,16-/m0/s1. The highest BCUT2D eigenvalue weighted by atomic mass is 16.5. The molecule has 0 bridgehead atoms. The van der Waals surface area contributed by atoms with Crippen molar-refractivity contribution >= 4 is 0 Å². The van der Waals surface area contributed by atoms with E-state index in [-0.39, 0.29) is 6.61 Å². The smallest absolute Gasteiger partial charge is 0.137 e. The van der Waals surface area contributed by atoms with E-state index in [0.29, 0.717) is 24.5 Å². The van der Waals surface area contributed by atoms with E-state index >= 15 is 0 Å². The predicted molar refractivity (Wildman–Crippen MR) is 79.5 cm³/mol. The second-order valence-electron chi connectivity index (χ2n) is 5.93. The summed E-state index contributed by atoms with van der Waals surface area (Å²) in [5.74, 6) is 2.16. The lowest BCUT2D eigenvalue weighted by molar-refractivity contribution is 0.0881. The van der Waals surface area contributed by atoms with Gasteiger partial charge < -0.3 is 19.9 Å². The third-order valence-corrected chi connectivity index (χ3v) is 4.33. The van der Waals surface area contributed by atoms with Crippen LogP contribution < -0.4 is 10.1 Å². The van der Waals surface area contributed by atoms with Crippen molar-refractivity contribution in [3.8, 4) is 5.75 Å². The number of hydrogen-bond donors (Lipinski definition) is 2. The molecule has 3 atom stereocenters. The Balaban J connectivity index is 1.43. The molecule has 21 heavy (non-hydrogen) atoms. The Hall–Kier alpha value is -1.17. The van der Waals surface area contributed by atoms with Gasteiger partial charge in [-0.2, -0.15) is 0 Å². The fraction of sp³-hybridized carbons (Fsp3) is 0.688. The first-order chi connectivity index (χ1) is 10.4. The first-order valence-electron chi connectivity index (χ1n) is 7.86. The van der Waals surface area contributed by atoms with Crippen LogP contribution in [-0.2, 0) is 4.74 Å². The molecule has 3 rings (SSSR count). The average molecular weight is 292 g/mol. The summed E-state index contributed by atoms with van der Waals surface area (Å²) in [6.07, 6.45) is 7.21. The molecule has 2 aliphatic rings. The van der Waals surface area contributed by atoms with Gasteiger partial charge in [-0.25, -0.2) is 0 Å². The SMILES string of the molecule is OCCOCC[C@H]1C[C@@H]1c1cncc(OC[C@@H]2CCN2)c1. The molecule has 0 spiro atoms. The van der Waals surface area contributed by atoms with Crippen LogP contribution in [0, 0.1) is 5.92 Å². The van der Waals surface area contributed by atoms with Gasteiger partial charge in [-0.05, 0) is 49.3 Å². The number of hydrogen-bond acceptors (Lipinski definition) is 5. The van der Waals surface area contributed by atoms with Crippen LogP contribution in [0.2, 0.25) is 0 Å². The van der Waals surface area contributed by atoms with Gasteiger partial charge in [0.15, 0.2) is 0 Å². The molecule has 5 heteroatoms. The van der Waals surface area contributed by atoms with Crippen LogP contribution in [0.5, 0.6) is 5.75 Å². The van der Waals surface area contributed by atoms with Gasteiger partial charge in [0.05, 0.1) is 19.4 Å². The van der Waals surface area contributed by atoms with Crippen molar-refractivity contribution in [2.75, 3.05) is 33.0 Å². The van der Waals surface area contributed by atoms with Crippen LogP contribution in [0.4, 0.5) is 0 Å². The summed E-state index contributed by atoms with van der Waals surface area (Å²) in [6, 6.07) is 2.64. The van der Waals surface area contributed by atoms with E-state index in [4.69, 9.17) is 14.6 Å². The molecule has 0 unspecified atom stereocenters. The summed E-state index contributed by atoms with van der Waals surface area (Å²) < 4.78 is 11.1. The van der Waals surface area contributed by atoms with Gasteiger partial charge in [-0.3, -0.25) is 4.98 Å². The van der Waals surface area contributed by atoms with Gasteiger partial charge in [0.25, 0.3) is 0 Å². The molecule has 2 heterocycles. The minimum Gasteiger partial charge on any atom is -0.490 e. The van der Waals surface area contributed by atoms with E-state index in [1.54, 1.807) is 6.20 Å². The third-order valence-electron chi connectivity index (χ3n) is 4.33. The zero-order valence-corrected chi connectivity index (χ0v) is 12.3. The largest absolute Gasteiger partial charge is 0.490 e. The van der Waals surface area contributed by atoms with E-state index in [2.05, 4.69) is 16.4 Å². The number of aromatic nitrogens is 1. The maximum atomic E-state index is 8.67. The average Bonchev–Trinajstić information content (AvgIpc) is 3.22. The Morgan fingerprint density at radius 1 is 1.33 bits per heavy atom. The maximum absolute atomic E-state index is 8.67. The molecule has 0 amide bonds. The predicted octanol–water partition coefficient (Wildman–Crippen LogP) is 1.32. The first-order valence-corrected chi connectivity index (χ1v) is 7.86. The maximum Gasteiger partial charge on any atom is 0.137 e. The quantitative estimate of drug-likeness (QED) is 0.672. The molecule has 1 aliphatic carbocycles. The number of aliphatic hydroxyl groups is 1. The number of ether oxygens (including phenoxy) is 2. The number of nitrogens with one attached hydrogen (secondary N) is 1. The van der Waals surface area contributed by atoms with E-state index < -0.39 is 0 Å². The van der Waals surface area contributed by atoms with Crippen molar-refractivity contribution in [3.05, 3.63) is 24.0 Å². The van der Waals surface area contributed by atoms with Crippen molar-refractivity contribution in [1.29, 1.82) is 0 Å².